The van der Waals surface area contributed by atoms with Crippen molar-refractivity contribution in [1.82, 2.24) is 10.9 Å². The molecule has 6 aromatic rings. The molecule has 2 atom stereocenters. The van der Waals surface area contributed by atoms with Gasteiger partial charge in [-0.2, -0.15) is 10.2 Å². The van der Waals surface area contributed by atoms with Crippen LogP contribution < -0.4 is 20.3 Å². The Labute approximate surface area is 385 Å². The Balaban J connectivity index is 0.000000216. The molecule has 2 unspecified atom stereocenters. The molecule has 2 aliphatic heterocycles. The maximum Gasteiger partial charge on any atom is 0.271 e. The first-order chi connectivity index (χ1) is 29.7. The van der Waals surface area contributed by atoms with Gasteiger partial charge in [-0.15, -0.1) is 0 Å². The minimum Gasteiger partial charge on any atom is -0.508 e. The van der Waals surface area contributed by atoms with E-state index >= 15 is 0 Å². The summed E-state index contributed by atoms with van der Waals surface area (Å²) in [7, 11) is 0. The second-order valence-corrected chi connectivity index (χ2v) is 13.4. The first-order valence-corrected chi connectivity index (χ1v) is 18.4. The Bertz CT molecular complexity index is 2450. The summed E-state index contributed by atoms with van der Waals surface area (Å²) in [6.45, 7) is 0. The van der Waals surface area contributed by atoms with E-state index in [0.717, 1.165) is 11.1 Å². The fourth-order valence-electron chi connectivity index (χ4n) is 6.38. The molecule has 63 heavy (non-hydrogen) atoms. The van der Waals surface area contributed by atoms with E-state index in [1.165, 1.54) is 24.3 Å². The van der Waals surface area contributed by atoms with Crippen LogP contribution in [0.4, 0.5) is 0 Å². The number of phenolic OH excluding ortho intramolecular Hbond substituents is 6. The predicted molar refractivity (Wildman–Crippen MR) is 223 cm³/mol. The summed E-state index contributed by atoms with van der Waals surface area (Å²) in [6, 6.07) is 35.5. The van der Waals surface area contributed by atoms with Crippen molar-refractivity contribution in [1.29, 1.82) is 0 Å². The number of carbonyl (C=O) groups excluding carboxylic acids is 2. The van der Waals surface area contributed by atoms with Crippen LogP contribution >= 0.6 is 0 Å². The summed E-state index contributed by atoms with van der Waals surface area (Å²) < 4.78 is 11.9. The molecule has 0 fully saturated rings. The number of hydrogen-bond donors (Lipinski definition) is 8. The molecule has 8 rings (SSSR count). The van der Waals surface area contributed by atoms with E-state index in [9.17, 15) is 40.2 Å². The number of nitrogens with zero attached hydrogens (tertiary/aromatic N) is 3. The molecule has 8 N–H and O–H groups in total. The number of amides is 2. The number of benzene rings is 6. The van der Waals surface area contributed by atoms with Gasteiger partial charge in [-0.3, -0.25) is 9.59 Å². The molecule has 2 amide bonds. The summed E-state index contributed by atoms with van der Waals surface area (Å²) in [4.78, 5) is 32.9. The molecule has 0 saturated carbocycles. The van der Waals surface area contributed by atoms with Crippen molar-refractivity contribution in [2.75, 3.05) is 0 Å². The Kier molecular flexibility index (Phi) is 15.7. The average Bonchev–Trinajstić information content (AvgIpc) is 3.25. The maximum absolute atomic E-state index is 12.3. The van der Waals surface area contributed by atoms with Crippen LogP contribution in [0.5, 0.6) is 46.0 Å². The third-order valence-corrected chi connectivity index (χ3v) is 9.19. The minimum absolute atomic E-state index is 0. The van der Waals surface area contributed by atoms with Crippen molar-refractivity contribution >= 4 is 23.2 Å². The molecule has 0 bridgehead atoms. The van der Waals surface area contributed by atoms with Crippen molar-refractivity contribution in [3.63, 3.8) is 0 Å². The van der Waals surface area contributed by atoms with Gasteiger partial charge in [-0.25, -0.2) is 10.9 Å². The molecule has 0 spiro atoms. The van der Waals surface area contributed by atoms with Crippen LogP contribution in [0, 0.1) is 50.9 Å². The van der Waals surface area contributed by atoms with Crippen molar-refractivity contribution < 1.29 is 90.4 Å². The summed E-state index contributed by atoms with van der Waals surface area (Å²) in [6.07, 6.45) is -0.413. The second-order valence-electron chi connectivity index (χ2n) is 13.4. The molecule has 0 saturated heterocycles. The minimum atomic E-state index is -1.75. The van der Waals surface area contributed by atoms with Gasteiger partial charge in [-0.05, 0) is 59.7 Å². The van der Waals surface area contributed by atoms with Gasteiger partial charge in [0.2, 0.25) is 0 Å². The summed E-state index contributed by atoms with van der Waals surface area (Å²) >= 11 is 0. The molecule has 19 heteroatoms. The van der Waals surface area contributed by atoms with Crippen LogP contribution in [-0.2, 0) is 0 Å². The summed E-state index contributed by atoms with van der Waals surface area (Å²) in [5.41, 5.74) is 8.92. The van der Waals surface area contributed by atoms with E-state index in [1.54, 1.807) is 97.1 Å². The van der Waals surface area contributed by atoms with Gasteiger partial charge in [0.25, 0.3) is 11.8 Å². The molecule has 0 aliphatic carbocycles. The van der Waals surface area contributed by atoms with Gasteiger partial charge in [0.05, 0.1) is 27.6 Å². The van der Waals surface area contributed by atoms with Crippen LogP contribution in [0.3, 0.4) is 0 Å². The number of hydrogen-bond acceptors (Lipinski definition) is 15. The van der Waals surface area contributed by atoms with E-state index in [0.29, 0.717) is 33.7 Å². The summed E-state index contributed by atoms with van der Waals surface area (Å²) in [5, 5.41) is 82.5. The van der Waals surface area contributed by atoms with Crippen molar-refractivity contribution in [3.05, 3.63) is 182 Å². The number of phenols is 6. The van der Waals surface area contributed by atoms with Gasteiger partial charge in [0.1, 0.15) is 58.2 Å². The first kappa shape index (κ1) is 46.5. The molecule has 1 radical (unpaired) electrons. The fraction of sp³-hybridized carbons (Fsp3) is 0.0909. The predicted octanol–water partition coefficient (Wildman–Crippen LogP) is 6.68. The zero-order chi connectivity index (χ0) is 44.3. The first-order valence-electron chi connectivity index (χ1n) is 18.4. The number of aromatic hydroxyl groups is 6. The third kappa shape index (κ3) is 12.3. The van der Waals surface area contributed by atoms with Gasteiger partial charge in [0.15, 0.2) is 0 Å². The molecule has 2 aliphatic rings. The van der Waals surface area contributed by atoms with E-state index in [1.807, 2.05) is 12.1 Å². The molecule has 2 heterocycles. The quantitative estimate of drug-likeness (QED) is 0.0639. The number of hydrazone groups is 2. The normalized spacial score (nSPS) is 15.7. The average molecular weight is 982 g/mol. The van der Waals surface area contributed by atoms with E-state index < -0.39 is 17.3 Å². The van der Waals surface area contributed by atoms with Gasteiger partial charge >= 0.3 is 0 Å². The molecule has 18 nitrogen and oxygen atoms in total. The number of fused-ring (bicyclic) bond motifs is 2. The van der Waals surface area contributed by atoms with Crippen LogP contribution in [0.2, 0.25) is 0 Å². The Hall–Kier alpha value is -7.61. The standard InChI is InChI=1S/2C22H18N2O5.La.NO3/c2*25-15-8-6-13(7-9-15)19-12-17(21-18(27)10-16(26)11-20(21)29-19)23-24-22(28)14-4-2-1-3-5-14;;2-1(3)4/h2*1-11,19,25-27H,12H2,(H,24,28);;/q;;;-1/b2*23-17+;;. The van der Waals surface area contributed by atoms with Crippen molar-refractivity contribution in [2.45, 2.75) is 25.0 Å². The number of rotatable bonds is 6. The molecule has 319 valence electrons. The van der Waals surface area contributed by atoms with Crippen molar-refractivity contribution in [3.8, 4) is 46.0 Å². The van der Waals surface area contributed by atoms with Crippen LogP contribution in [0.1, 0.15) is 68.0 Å². The largest absolute Gasteiger partial charge is 0.508 e. The van der Waals surface area contributed by atoms with Crippen LogP contribution in [-0.4, -0.2) is 59.0 Å². The zero-order valence-corrected chi connectivity index (χ0v) is 36.4. The van der Waals surface area contributed by atoms with Crippen LogP contribution in [0.25, 0.3) is 0 Å². The number of nitrogens with one attached hydrogen (secondary N) is 2. The number of carbonyl (C=O) groups is 2. The topological polar surface area (TPSA) is 289 Å². The van der Waals surface area contributed by atoms with Gasteiger partial charge in [-0.1, -0.05) is 60.7 Å². The van der Waals surface area contributed by atoms with Crippen molar-refractivity contribution in [2.24, 2.45) is 10.2 Å². The maximum atomic E-state index is 12.3. The number of ether oxygens (including phenoxy) is 2. The third-order valence-electron chi connectivity index (χ3n) is 9.19. The Morgan fingerprint density at radius 3 is 1.21 bits per heavy atom. The van der Waals surface area contributed by atoms with E-state index in [-0.39, 0.29) is 106 Å². The van der Waals surface area contributed by atoms with Gasteiger partial charge in [0, 0.05) is 83.8 Å². The summed E-state index contributed by atoms with van der Waals surface area (Å²) in [5.74, 6) is -0.710. The van der Waals surface area contributed by atoms with Crippen LogP contribution in [0.15, 0.2) is 144 Å². The molecule has 6 aromatic carbocycles. The Morgan fingerprint density at radius 2 is 0.873 bits per heavy atom. The second kappa shape index (κ2) is 21.3. The SMILES string of the molecule is O=C(N/N=C1\CC(c2ccc(O)cc2)Oc2cc(O)cc(O)c21)c1ccccc1.O=C(N/N=C1\CC(c2ccc(O)cc2)Oc2cc(O)cc(O)c21)c1ccccc1.O=[N+]([O-])[O-].[La]. The van der Waals surface area contributed by atoms with E-state index in [2.05, 4.69) is 21.1 Å². The monoisotopic (exact) mass is 981 g/mol. The smallest absolute Gasteiger partial charge is 0.271 e. The molecule has 0 aromatic heterocycles. The fourth-order valence-corrected chi connectivity index (χ4v) is 6.38. The van der Waals surface area contributed by atoms with E-state index in [4.69, 9.17) is 24.8 Å². The Morgan fingerprint density at radius 1 is 0.540 bits per heavy atom. The van der Waals surface area contributed by atoms with Gasteiger partial charge < -0.3 is 55.4 Å². The molecular formula is C44H36LaN5O13-. The molecular weight excluding hydrogens is 945 g/mol. The zero-order valence-electron chi connectivity index (χ0n) is 32.7.